The van der Waals surface area contributed by atoms with Crippen molar-refractivity contribution in [2.24, 2.45) is 5.92 Å². The van der Waals surface area contributed by atoms with Gasteiger partial charge in [-0.2, -0.15) is 0 Å². The molecule has 17 heavy (non-hydrogen) atoms. The second kappa shape index (κ2) is 5.66. The average molecular weight is 233 g/mol. The monoisotopic (exact) mass is 233 g/mol. The molecule has 0 unspecified atom stereocenters. The Hall–Kier alpha value is -1.58. The number of rotatable bonds is 6. The molecule has 92 valence electrons. The minimum atomic E-state index is -0.0722. The Balaban J connectivity index is 1.91. The predicted octanol–water partition coefficient (Wildman–Crippen LogP) is 2.04. The molecule has 1 saturated carbocycles. The normalized spacial score (nSPS) is 14.4. The third-order valence-corrected chi connectivity index (χ3v) is 2.79. The Bertz CT molecular complexity index is 388. The van der Waals surface area contributed by atoms with Crippen molar-refractivity contribution in [3.63, 3.8) is 0 Å². The van der Waals surface area contributed by atoms with E-state index < -0.39 is 0 Å². The number of pyridine rings is 1. The second-order valence-electron chi connectivity index (χ2n) is 4.49. The van der Waals surface area contributed by atoms with Crippen molar-refractivity contribution in [1.82, 2.24) is 10.3 Å². The number of nitrogens with one attached hydrogen (secondary N) is 2. The molecule has 0 spiro atoms. The highest BCUT2D eigenvalue weighted by molar-refractivity contribution is 5.92. The summed E-state index contributed by atoms with van der Waals surface area (Å²) < 4.78 is 0. The van der Waals surface area contributed by atoms with Crippen LogP contribution >= 0.6 is 0 Å². The first-order valence-corrected chi connectivity index (χ1v) is 6.28. The third kappa shape index (κ3) is 3.73. The fourth-order valence-electron chi connectivity index (χ4n) is 1.56. The summed E-state index contributed by atoms with van der Waals surface area (Å²) in [5.41, 5.74) is 0.492. The molecule has 1 aliphatic carbocycles. The van der Waals surface area contributed by atoms with Gasteiger partial charge in [0.15, 0.2) is 0 Å². The summed E-state index contributed by atoms with van der Waals surface area (Å²) in [4.78, 5) is 16.1. The van der Waals surface area contributed by atoms with Crippen LogP contribution in [0.25, 0.3) is 0 Å². The Morgan fingerprint density at radius 3 is 3.00 bits per heavy atom. The Morgan fingerprint density at radius 1 is 1.47 bits per heavy atom. The van der Waals surface area contributed by atoms with Crippen LogP contribution in [0.2, 0.25) is 0 Å². The highest BCUT2D eigenvalue weighted by Gasteiger charge is 2.22. The molecule has 4 heteroatoms. The van der Waals surface area contributed by atoms with Crippen molar-refractivity contribution in [2.75, 3.05) is 18.4 Å². The number of carbonyl (C=O) groups is 1. The van der Waals surface area contributed by atoms with E-state index in [-0.39, 0.29) is 5.91 Å². The van der Waals surface area contributed by atoms with Gasteiger partial charge in [-0.05, 0) is 37.3 Å². The van der Waals surface area contributed by atoms with Crippen LogP contribution in [-0.4, -0.2) is 24.0 Å². The molecule has 2 rings (SSSR count). The van der Waals surface area contributed by atoms with Crippen LogP contribution in [0.4, 0.5) is 5.82 Å². The zero-order chi connectivity index (χ0) is 12.1. The van der Waals surface area contributed by atoms with E-state index in [2.05, 4.69) is 22.5 Å². The molecule has 0 saturated heterocycles. The molecule has 1 heterocycles. The molecule has 1 amide bonds. The van der Waals surface area contributed by atoms with Crippen molar-refractivity contribution in [1.29, 1.82) is 0 Å². The quantitative estimate of drug-likeness (QED) is 0.790. The maximum absolute atomic E-state index is 11.8. The number of carbonyl (C=O) groups excluding carboxylic acids is 1. The second-order valence-corrected chi connectivity index (χ2v) is 4.49. The van der Waals surface area contributed by atoms with Crippen LogP contribution in [0.1, 0.15) is 36.7 Å². The topological polar surface area (TPSA) is 54.0 Å². The molecule has 0 radical (unpaired) electrons. The molecule has 2 N–H and O–H groups in total. The summed E-state index contributed by atoms with van der Waals surface area (Å²) in [7, 11) is 0. The van der Waals surface area contributed by atoms with Crippen LogP contribution in [-0.2, 0) is 0 Å². The number of hydrogen-bond donors (Lipinski definition) is 2. The van der Waals surface area contributed by atoms with Crippen molar-refractivity contribution in [3.05, 3.63) is 23.9 Å². The fourth-order valence-corrected chi connectivity index (χ4v) is 1.56. The van der Waals surface area contributed by atoms with Crippen LogP contribution in [0, 0.1) is 5.92 Å². The van der Waals surface area contributed by atoms with E-state index in [1.54, 1.807) is 6.07 Å². The molecule has 1 fully saturated rings. The van der Waals surface area contributed by atoms with E-state index in [0.29, 0.717) is 11.6 Å². The standard InChI is InChI=1S/C13H19N3O/c1-2-8-14-12-5-3-4-11(16-12)13(17)15-9-10-6-7-10/h3-5,10H,2,6-9H2,1H3,(H,14,16)(H,15,17). The largest absolute Gasteiger partial charge is 0.370 e. The first-order chi connectivity index (χ1) is 8.29. The van der Waals surface area contributed by atoms with Gasteiger partial charge in [-0.1, -0.05) is 13.0 Å². The maximum Gasteiger partial charge on any atom is 0.269 e. The van der Waals surface area contributed by atoms with Crippen molar-refractivity contribution in [2.45, 2.75) is 26.2 Å². The van der Waals surface area contributed by atoms with Gasteiger partial charge in [-0.3, -0.25) is 4.79 Å². The van der Waals surface area contributed by atoms with Gasteiger partial charge in [0.2, 0.25) is 0 Å². The smallest absolute Gasteiger partial charge is 0.269 e. The lowest BCUT2D eigenvalue weighted by Gasteiger charge is -2.06. The van der Waals surface area contributed by atoms with Crippen molar-refractivity contribution < 1.29 is 4.79 Å². The van der Waals surface area contributed by atoms with Gasteiger partial charge in [0.05, 0.1) is 0 Å². The van der Waals surface area contributed by atoms with E-state index in [4.69, 9.17) is 0 Å². The summed E-state index contributed by atoms with van der Waals surface area (Å²) in [6, 6.07) is 5.49. The lowest BCUT2D eigenvalue weighted by atomic mass is 10.3. The average Bonchev–Trinajstić information content (AvgIpc) is 3.18. The SMILES string of the molecule is CCCNc1cccc(C(=O)NCC2CC2)n1. The van der Waals surface area contributed by atoms with Crippen molar-refractivity contribution >= 4 is 11.7 Å². The highest BCUT2D eigenvalue weighted by Crippen LogP contribution is 2.27. The molecule has 4 nitrogen and oxygen atoms in total. The highest BCUT2D eigenvalue weighted by atomic mass is 16.1. The molecule has 1 aliphatic rings. The van der Waals surface area contributed by atoms with Crippen LogP contribution < -0.4 is 10.6 Å². The number of nitrogens with zero attached hydrogens (tertiary/aromatic N) is 1. The molecule has 0 bridgehead atoms. The lowest BCUT2D eigenvalue weighted by Crippen LogP contribution is -2.26. The number of anilines is 1. The van der Waals surface area contributed by atoms with Gasteiger partial charge in [0, 0.05) is 13.1 Å². The molecule has 0 aromatic carbocycles. The van der Waals surface area contributed by atoms with E-state index >= 15 is 0 Å². The summed E-state index contributed by atoms with van der Waals surface area (Å²) in [5.74, 6) is 1.39. The summed E-state index contributed by atoms with van der Waals surface area (Å²) in [6.45, 7) is 3.76. The zero-order valence-electron chi connectivity index (χ0n) is 10.2. The molecule has 1 aromatic heterocycles. The van der Waals surface area contributed by atoms with Gasteiger partial charge >= 0.3 is 0 Å². The van der Waals surface area contributed by atoms with Gasteiger partial charge in [-0.25, -0.2) is 4.98 Å². The van der Waals surface area contributed by atoms with E-state index in [0.717, 1.165) is 25.3 Å². The lowest BCUT2D eigenvalue weighted by molar-refractivity contribution is 0.0947. The van der Waals surface area contributed by atoms with Crippen molar-refractivity contribution in [3.8, 4) is 0 Å². The molecule has 1 aromatic rings. The Morgan fingerprint density at radius 2 is 2.29 bits per heavy atom. The van der Waals surface area contributed by atoms with Gasteiger partial charge in [0.1, 0.15) is 11.5 Å². The van der Waals surface area contributed by atoms with Crippen LogP contribution in [0.3, 0.4) is 0 Å². The zero-order valence-corrected chi connectivity index (χ0v) is 10.2. The molecular formula is C13H19N3O. The Kier molecular flexibility index (Phi) is 3.96. The van der Waals surface area contributed by atoms with Crippen LogP contribution in [0.5, 0.6) is 0 Å². The van der Waals surface area contributed by atoms with E-state index in [1.165, 1.54) is 12.8 Å². The number of amides is 1. The van der Waals surface area contributed by atoms with E-state index in [1.807, 2.05) is 12.1 Å². The van der Waals surface area contributed by atoms with Crippen LogP contribution in [0.15, 0.2) is 18.2 Å². The number of hydrogen-bond acceptors (Lipinski definition) is 3. The number of aromatic nitrogens is 1. The van der Waals surface area contributed by atoms with Gasteiger partial charge < -0.3 is 10.6 Å². The molecule has 0 aliphatic heterocycles. The third-order valence-electron chi connectivity index (χ3n) is 2.79. The van der Waals surface area contributed by atoms with E-state index in [9.17, 15) is 4.79 Å². The summed E-state index contributed by atoms with van der Waals surface area (Å²) in [5, 5.41) is 6.09. The minimum absolute atomic E-state index is 0.0722. The Labute approximate surface area is 102 Å². The summed E-state index contributed by atoms with van der Waals surface area (Å²) in [6.07, 6.45) is 3.53. The predicted molar refractivity (Wildman–Crippen MR) is 68.1 cm³/mol. The fraction of sp³-hybridized carbons (Fsp3) is 0.538. The first kappa shape index (κ1) is 11.9. The maximum atomic E-state index is 11.8. The minimum Gasteiger partial charge on any atom is -0.370 e. The molecule has 0 atom stereocenters. The molecular weight excluding hydrogens is 214 g/mol. The van der Waals surface area contributed by atoms with Gasteiger partial charge in [0.25, 0.3) is 5.91 Å². The summed E-state index contributed by atoms with van der Waals surface area (Å²) >= 11 is 0. The van der Waals surface area contributed by atoms with Gasteiger partial charge in [-0.15, -0.1) is 0 Å². The first-order valence-electron chi connectivity index (χ1n) is 6.28.